The largest absolute Gasteiger partial charge is 0.329 e. The molecule has 2 amide bonds. The molecule has 6 heteroatoms. The van der Waals surface area contributed by atoms with Crippen molar-refractivity contribution in [2.75, 3.05) is 38.0 Å². The summed E-state index contributed by atoms with van der Waals surface area (Å²) < 4.78 is 0. The Kier molecular flexibility index (Phi) is 6.66. The van der Waals surface area contributed by atoms with Crippen molar-refractivity contribution in [2.45, 2.75) is 25.9 Å². The van der Waals surface area contributed by atoms with Crippen LogP contribution in [0.1, 0.15) is 24.8 Å². The molecule has 1 saturated heterocycles. The summed E-state index contributed by atoms with van der Waals surface area (Å²) in [7, 11) is 0. The monoisotopic (exact) mass is 374 g/mol. The van der Waals surface area contributed by atoms with Gasteiger partial charge < -0.3 is 20.4 Å². The molecule has 1 fully saturated rings. The number of benzene rings is 1. The summed E-state index contributed by atoms with van der Waals surface area (Å²) in [6, 6.07) is 14.1. The molecule has 140 valence electrons. The van der Waals surface area contributed by atoms with Crippen molar-refractivity contribution in [1.29, 1.82) is 0 Å². The van der Waals surface area contributed by atoms with E-state index in [0.29, 0.717) is 6.04 Å². The first-order valence-corrected chi connectivity index (χ1v) is 10.4. The molecule has 4 N–H and O–H groups in total. The number of thiophene rings is 1. The van der Waals surface area contributed by atoms with E-state index in [4.69, 9.17) is 0 Å². The van der Waals surface area contributed by atoms with E-state index in [9.17, 15) is 4.79 Å². The van der Waals surface area contributed by atoms with Crippen molar-refractivity contribution < 1.29 is 14.6 Å². The predicted molar refractivity (Wildman–Crippen MR) is 107 cm³/mol. The van der Waals surface area contributed by atoms with Gasteiger partial charge in [-0.3, -0.25) is 0 Å². The minimum absolute atomic E-state index is 0.0653. The Balaban J connectivity index is 1.65. The summed E-state index contributed by atoms with van der Waals surface area (Å²) in [5.74, 6) is 0. The van der Waals surface area contributed by atoms with E-state index in [0.717, 1.165) is 18.8 Å². The van der Waals surface area contributed by atoms with Crippen LogP contribution >= 0.6 is 11.3 Å². The maximum absolute atomic E-state index is 12.4. The van der Waals surface area contributed by atoms with Crippen molar-refractivity contribution in [1.82, 2.24) is 5.32 Å². The summed E-state index contributed by atoms with van der Waals surface area (Å²) in [5.41, 5.74) is 0.817. The first-order valence-electron chi connectivity index (χ1n) is 9.51. The van der Waals surface area contributed by atoms with Gasteiger partial charge in [-0.1, -0.05) is 24.3 Å². The molecule has 0 unspecified atom stereocenters. The number of rotatable bonds is 6. The SMILES string of the molecule is CC[NH+]1CC[NH+]([C@@H](c2cccs2)[C@@H](C)NC(=O)Nc2ccccc2)CC1. The molecular formula is C20H30N4OS+2. The Labute approximate surface area is 160 Å². The Hall–Kier alpha value is -1.89. The van der Waals surface area contributed by atoms with E-state index < -0.39 is 0 Å². The van der Waals surface area contributed by atoms with Gasteiger partial charge in [0.05, 0.1) is 17.5 Å². The minimum atomic E-state index is -0.137. The van der Waals surface area contributed by atoms with E-state index >= 15 is 0 Å². The number of carbonyl (C=O) groups is 1. The van der Waals surface area contributed by atoms with Crippen LogP contribution in [0.4, 0.5) is 10.5 Å². The highest BCUT2D eigenvalue weighted by Gasteiger charge is 2.35. The lowest BCUT2D eigenvalue weighted by Gasteiger charge is -2.36. The zero-order valence-corrected chi connectivity index (χ0v) is 16.4. The lowest BCUT2D eigenvalue weighted by molar-refractivity contribution is -1.03. The van der Waals surface area contributed by atoms with Crippen LogP contribution in [-0.4, -0.2) is 44.8 Å². The molecule has 0 radical (unpaired) electrons. The number of piperazine rings is 1. The Morgan fingerprint density at radius 3 is 2.46 bits per heavy atom. The second-order valence-electron chi connectivity index (χ2n) is 7.01. The van der Waals surface area contributed by atoms with Gasteiger partial charge in [-0.05, 0) is 37.4 Å². The second-order valence-corrected chi connectivity index (χ2v) is 7.99. The Morgan fingerprint density at radius 1 is 1.12 bits per heavy atom. The molecule has 1 aliphatic rings. The fourth-order valence-corrected chi connectivity index (χ4v) is 4.83. The van der Waals surface area contributed by atoms with E-state index in [1.54, 1.807) is 21.1 Å². The lowest BCUT2D eigenvalue weighted by atomic mass is 10.0. The van der Waals surface area contributed by atoms with Crippen LogP contribution in [-0.2, 0) is 0 Å². The number of hydrogen-bond donors (Lipinski definition) is 4. The van der Waals surface area contributed by atoms with Crippen LogP contribution in [0.25, 0.3) is 0 Å². The molecule has 2 heterocycles. The predicted octanol–water partition coefficient (Wildman–Crippen LogP) is 0.803. The number of urea groups is 1. The molecule has 1 aromatic carbocycles. The highest BCUT2D eigenvalue weighted by Crippen LogP contribution is 2.20. The third-order valence-electron chi connectivity index (χ3n) is 5.28. The maximum Gasteiger partial charge on any atom is 0.319 e. The average Bonchev–Trinajstić information content (AvgIpc) is 3.17. The van der Waals surface area contributed by atoms with Crippen molar-refractivity contribution >= 4 is 23.1 Å². The molecule has 2 atom stereocenters. The van der Waals surface area contributed by atoms with Crippen LogP contribution < -0.4 is 20.4 Å². The fourth-order valence-electron chi connectivity index (χ4n) is 3.84. The number of amides is 2. The summed E-state index contributed by atoms with van der Waals surface area (Å²) >= 11 is 1.79. The maximum atomic E-state index is 12.4. The van der Waals surface area contributed by atoms with E-state index in [2.05, 4.69) is 42.0 Å². The van der Waals surface area contributed by atoms with Crippen LogP contribution in [0.15, 0.2) is 47.8 Å². The zero-order chi connectivity index (χ0) is 18.4. The first kappa shape index (κ1) is 18.9. The number of nitrogens with one attached hydrogen (secondary N) is 4. The first-order chi connectivity index (χ1) is 12.7. The third kappa shape index (κ3) is 4.84. The molecule has 26 heavy (non-hydrogen) atoms. The normalized spacial score (nSPS) is 22.4. The van der Waals surface area contributed by atoms with Gasteiger partial charge in [-0.15, -0.1) is 11.3 Å². The lowest BCUT2D eigenvalue weighted by Crippen LogP contribution is -3.28. The molecule has 0 saturated carbocycles. The summed E-state index contributed by atoms with van der Waals surface area (Å²) in [6.07, 6.45) is 0. The summed E-state index contributed by atoms with van der Waals surface area (Å²) in [4.78, 5) is 17.1. The standard InChI is InChI=1S/C20H28N4OS/c1-3-23-11-13-24(14-12-23)19(18-10-7-15-26-18)16(2)21-20(25)22-17-8-5-4-6-9-17/h4-10,15-16,19H,3,11-14H2,1-2H3,(H2,21,22,25)/p+2/t16-,19-/m1/s1. The van der Waals surface area contributed by atoms with Gasteiger partial charge in [0, 0.05) is 5.69 Å². The van der Waals surface area contributed by atoms with Crippen LogP contribution in [0, 0.1) is 0 Å². The number of carbonyl (C=O) groups excluding carboxylic acids is 1. The number of anilines is 1. The third-order valence-corrected chi connectivity index (χ3v) is 6.23. The number of likely N-dealkylation sites (N-methyl/N-ethyl adjacent to an activating group) is 1. The smallest absolute Gasteiger partial charge is 0.319 e. The second kappa shape index (κ2) is 9.16. The molecule has 5 nitrogen and oxygen atoms in total. The molecule has 0 aliphatic carbocycles. The molecule has 0 spiro atoms. The van der Waals surface area contributed by atoms with Gasteiger partial charge in [0.1, 0.15) is 32.2 Å². The zero-order valence-electron chi connectivity index (χ0n) is 15.6. The van der Waals surface area contributed by atoms with Gasteiger partial charge in [-0.2, -0.15) is 0 Å². The highest BCUT2D eigenvalue weighted by atomic mass is 32.1. The van der Waals surface area contributed by atoms with Gasteiger partial charge in [-0.25, -0.2) is 4.79 Å². The average molecular weight is 375 g/mol. The fraction of sp³-hybridized carbons (Fsp3) is 0.450. The van der Waals surface area contributed by atoms with Gasteiger partial charge >= 0.3 is 6.03 Å². The van der Waals surface area contributed by atoms with Crippen molar-refractivity contribution in [3.05, 3.63) is 52.7 Å². The quantitative estimate of drug-likeness (QED) is 0.594. The van der Waals surface area contributed by atoms with Crippen molar-refractivity contribution in [3.63, 3.8) is 0 Å². The Morgan fingerprint density at radius 2 is 1.85 bits per heavy atom. The molecule has 2 aromatic rings. The van der Waals surface area contributed by atoms with Crippen LogP contribution in [0.2, 0.25) is 0 Å². The van der Waals surface area contributed by atoms with Gasteiger partial charge in [0.25, 0.3) is 0 Å². The minimum Gasteiger partial charge on any atom is -0.329 e. The van der Waals surface area contributed by atoms with Crippen molar-refractivity contribution in [3.8, 4) is 0 Å². The van der Waals surface area contributed by atoms with E-state index in [-0.39, 0.29) is 12.1 Å². The van der Waals surface area contributed by atoms with Crippen molar-refractivity contribution in [2.24, 2.45) is 0 Å². The van der Waals surface area contributed by atoms with Crippen LogP contribution in [0.3, 0.4) is 0 Å². The highest BCUT2D eigenvalue weighted by molar-refractivity contribution is 7.10. The van der Waals surface area contributed by atoms with Gasteiger partial charge in [0.15, 0.2) is 0 Å². The molecule has 0 bridgehead atoms. The van der Waals surface area contributed by atoms with E-state index in [1.807, 2.05) is 30.3 Å². The molecular weight excluding hydrogens is 344 g/mol. The summed E-state index contributed by atoms with van der Waals surface area (Å²) in [5, 5.41) is 8.23. The topological polar surface area (TPSA) is 50.0 Å². The van der Waals surface area contributed by atoms with Gasteiger partial charge in [0.2, 0.25) is 0 Å². The summed E-state index contributed by atoms with van der Waals surface area (Å²) in [6.45, 7) is 10.3. The molecule has 3 rings (SSSR count). The Bertz CT molecular complexity index is 668. The number of para-hydroxylation sites is 1. The molecule has 1 aliphatic heterocycles. The number of quaternary nitrogens is 2. The van der Waals surface area contributed by atoms with E-state index in [1.165, 1.54) is 24.5 Å². The van der Waals surface area contributed by atoms with Crippen LogP contribution in [0.5, 0.6) is 0 Å². The number of hydrogen-bond acceptors (Lipinski definition) is 2. The molecule has 1 aromatic heterocycles.